The Morgan fingerprint density at radius 1 is 0.964 bits per heavy atom. The summed E-state index contributed by atoms with van der Waals surface area (Å²) in [6, 6.07) is 7.32. The minimum atomic E-state index is -1.79. The highest BCUT2D eigenvalue weighted by molar-refractivity contribution is 6.74. The normalized spacial score (nSPS) is 11.9. The Bertz CT molecular complexity index is 622. The molecule has 0 saturated carbocycles. The predicted octanol–water partition coefficient (Wildman–Crippen LogP) is 5.33. The van der Waals surface area contributed by atoms with Crippen molar-refractivity contribution in [2.45, 2.75) is 91.0 Å². The Hall–Kier alpha value is -1.66. The highest BCUT2D eigenvalue weighted by atomic mass is 28.4. The average molecular weight is 407 g/mol. The standard InChI is InChI=1S/C22H38N2O3Si/c1-7-8-9-10-11-12-20(25)23-24-21(26)19-15-13-18(14-16-19)17-27-28(5,6)22(2,3)4/h13-16H,7-12,17H2,1-6H3,(H,23,25)(H,24,26). The van der Waals surface area contributed by atoms with E-state index in [-0.39, 0.29) is 16.9 Å². The highest BCUT2D eigenvalue weighted by Crippen LogP contribution is 2.37. The van der Waals surface area contributed by atoms with Crippen LogP contribution >= 0.6 is 0 Å². The second-order valence-electron chi connectivity index (χ2n) is 8.91. The molecule has 0 aliphatic rings. The van der Waals surface area contributed by atoms with E-state index in [0.29, 0.717) is 18.6 Å². The maximum Gasteiger partial charge on any atom is 0.269 e. The summed E-state index contributed by atoms with van der Waals surface area (Å²) in [6.07, 6.45) is 5.88. The first-order valence-corrected chi connectivity index (χ1v) is 13.3. The lowest BCUT2D eigenvalue weighted by Crippen LogP contribution is -2.41. The minimum Gasteiger partial charge on any atom is -0.413 e. The van der Waals surface area contributed by atoms with Gasteiger partial charge < -0.3 is 4.43 Å². The Balaban J connectivity index is 2.40. The smallest absolute Gasteiger partial charge is 0.269 e. The first-order chi connectivity index (χ1) is 13.1. The lowest BCUT2D eigenvalue weighted by molar-refractivity contribution is -0.122. The number of unbranched alkanes of at least 4 members (excludes halogenated alkanes) is 4. The van der Waals surface area contributed by atoms with Crippen LogP contribution in [-0.2, 0) is 15.8 Å². The summed E-state index contributed by atoms with van der Waals surface area (Å²) in [4.78, 5) is 24.0. The van der Waals surface area contributed by atoms with Crippen LogP contribution in [0.1, 0.15) is 82.1 Å². The number of carbonyl (C=O) groups excluding carboxylic acids is 2. The lowest BCUT2D eigenvalue weighted by Gasteiger charge is -2.36. The molecule has 2 N–H and O–H groups in total. The van der Waals surface area contributed by atoms with Gasteiger partial charge in [-0.3, -0.25) is 20.4 Å². The Kier molecular flexibility index (Phi) is 9.89. The van der Waals surface area contributed by atoms with Crippen LogP contribution in [0.4, 0.5) is 0 Å². The van der Waals surface area contributed by atoms with E-state index in [1.54, 1.807) is 12.1 Å². The fourth-order valence-electron chi connectivity index (χ4n) is 2.38. The zero-order valence-corrected chi connectivity index (χ0v) is 19.5. The number of nitrogens with one attached hydrogen (secondary N) is 2. The van der Waals surface area contributed by atoms with Gasteiger partial charge in [-0.25, -0.2) is 0 Å². The lowest BCUT2D eigenvalue weighted by atomic mass is 10.1. The second-order valence-corrected chi connectivity index (χ2v) is 13.7. The summed E-state index contributed by atoms with van der Waals surface area (Å²) >= 11 is 0. The summed E-state index contributed by atoms with van der Waals surface area (Å²) in [5, 5.41) is 0.168. The van der Waals surface area contributed by atoms with Gasteiger partial charge in [0.2, 0.25) is 5.91 Å². The summed E-state index contributed by atoms with van der Waals surface area (Å²) in [5.41, 5.74) is 6.53. The van der Waals surface area contributed by atoms with Crippen LogP contribution in [-0.4, -0.2) is 20.1 Å². The summed E-state index contributed by atoms with van der Waals surface area (Å²) in [5.74, 6) is -0.458. The van der Waals surface area contributed by atoms with Gasteiger partial charge in [0.05, 0.1) is 6.61 Å². The van der Waals surface area contributed by atoms with Crippen LogP contribution < -0.4 is 10.9 Å². The number of hydrogen-bond donors (Lipinski definition) is 2. The molecule has 0 saturated heterocycles. The number of hydrogen-bond acceptors (Lipinski definition) is 3. The van der Waals surface area contributed by atoms with E-state index >= 15 is 0 Å². The van der Waals surface area contributed by atoms with E-state index < -0.39 is 8.32 Å². The van der Waals surface area contributed by atoms with Gasteiger partial charge in [0, 0.05) is 12.0 Å². The van der Waals surface area contributed by atoms with Crippen LogP contribution in [0.2, 0.25) is 18.1 Å². The maximum atomic E-state index is 12.2. The van der Waals surface area contributed by atoms with Crippen LogP contribution in [0.25, 0.3) is 0 Å². The van der Waals surface area contributed by atoms with Crippen LogP contribution in [0, 0.1) is 0 Å². The summed E-state index contributed by atoms with van der Waals surface area (Å²) in [6.45, 7) is 13.8. The molecule has 28 heavy (non-hydrogen) atoms. The van der Waals surface area contributed by atoms with Crippen LogP contribution in [0.3, 0.4) is 0 Å². The molecule has 1 rings (SSSR count). The van der Waals surface area contributed by atoms with Crippen molar-refractivity contribution in [3.05, 3.63) is 35.4 Å². The molecule has 0 aliphatic heterocycles. The number of benzene rings is 1. The van der Waals surface area contributed by atoms with Gasteiger partial charge >= 0.3 is 0 Å². The van der Waals surface area contributed by atoms with Crippen molar-refractivity contribution in [2.75, 3.05) is 0 Å². The third-order valence-electron chi connectivity index (χ3n) is 5.44. The van der Waals surface area contributed by atoms with E-state index in [1.807, 2.05) is 12.1 Å². The van der Waals surface area contributed by atoms with Gasteiger partial charge in [-0.2, -0.15) is 0 Å². The molecular weight excluding hydrogens is 368 g/mol. The van der Waals surface area contributed by atoms with E-state index in [2.05, 4.69) is 51.6 Å². The zero-order valence-electron chi connectivity index (χ0n) is 18.5. The van der Waals surface area contributed by atoms with Gasteiger partial charge in [0.15, 0.2) is 8.32 Å². The quantitative estimate of drug-likeness (QED) is 0.313. The fourth-order valence-corrected chi connectivity index (χ4v) is 3.34. The van der Waals surface area contributed by atoms with Crippen molar-refractivity contribution >= 4 is 20.1 Å². The zero-order chi connectivity index (χ0) is 21.2. The molecule has 0 aromatic heterocycles. The maximum absolute atomic E-state index is 12.2. The summed E-state index contributed by atoms with van der Waals surface area (Å²) < 4.78 is 6.20. The molecule has 0 heterocycles. The molecule has 1 aromatic carbocycles. The fraction of sp³-hybridized carbons (Fsp3) is 0.636. The molecular formula is C22H38N2O3Si. The highest BCUT2D eigenvalue weighted by Gasteiger charge is 2.36. The van der Waals surface area contributed by atoms with E-state index in [4.69, 9.17) is 4.43 Å². The molecule has 0 spiro atoms. The molecule has 5 nitrogen and oxygen atoms in total. The van der Waals surface area contributed by atoms with Crippen LogP contribution in [0.5, 0.6) is 0 Å². The van der Waals surface area contributed by atoms with Crippen molar-refractivity contribution in [3.63, 3.8) is 0 Å². The van der Waals surface area contributed by atoms with Crippen molar-refractivity contribution in [1.82, 2.24) is 10.9 Å². The molecule has 0 fully saturated rings. The SMILES string of the molecule is CCCCCCCC(=O)NNC(=O)c1ccc(CO[Si](C)(C)C(C)(C)C)cc1. The monoisotopic (exact) mass is 406 g/mol. The molecule has 2 amide bonds. The van der Waals surface area contributed by atoms with Crippen molar-refractivity contribution in [2.24, 2.45) is 0 Å². The van der Waals surface area contributed by atoms with Gasteiger partial charge in [-0.1, -0.05) is 65.5 Å². The molecule has 158 valence electrons. The molecule has 0 atom stereocenters. The van der Waals surface area contributed by atoms with Gasteiger partial charge in [0.25, 0.3) is 5.91 Å². The second kappa shape index (κ2) is 11.4. The Labute approximate surface area is 171 Å². The minimum absolute atomic E-state index is 0.149. The van der Waals surface area contributed by atoms with Gasteiger partial charge in [-0.05, 0) is 42.2 Å². The summed E-state index contributed by atoms with van der Waals surface area (Å²) in [7, 11) is -1.79. The third kappa shape index (κ3) is 8.57. The third-order valence-corrected chi connectivity index (χ3v) is 9.92. The number of rotatable bonds is 10. The van der Waals surface area contributed by atoms with Crippen molar-refractivity contribution in [3.8, 4) is 0 Å². The van der Waals surface area contributed by atoms with E-state index in [1.165, 1.54) is 12.8 Å². The van der Waals surface area contributed by atoms with Crippen LogP contribution in [0.15, 0.2) is 24.3 Å². The molecule has 0 aliphatic carbocycles. The average Bonchev–Trinajstić information content (AvgIpc) is 2.64. The van der Waals surface area contributed by atoms with E-state index in [0.717, 1.165) is 24.8 Å². The molecule has 0 radical (unpaired) electrons. The van der Waals surface area contributed by atoms with Gasteiger partial charge in [0.1, 0.15) is 0 Å². The van der Waals surface area contributed by atoms with Gasteiger partial charge in [-0.15, -0.1) is 0 Å². The Morgan fingerprint density at radius 3 is 2.14 bits per heavy atom. The first-order valence-electron chi connectivity index (χ1n) is 10.4. The molecule has 1 aromatic rings. The van der Waals surface area contributed by atoms with E-state index in [9.17, 15) is 9.59 Å². The molecule has 0 bridgehead atoms. The number of carbonyl (C=O) groups is 2. The topological polar surface area (TPSA) is 67.4 Å². The number of hydrazine groups is 1. The first kappa shape index (κ1) is 24.4. The molecule has 6 heteroatoms. The largest absolute Gasteiger partial charge is 0.413 e. The van der Waals surface area contributed by atoms with Crippen molar-refractivity contribution < 1.29 is 14.0 Å². The Morgan fingerprint density at radius 2 is 1.57 bits per heavy atom. The van der Waals surface area contributed by atoms with Crippen molar-refractivity contribution in [1.29, 1.82) is 0 Å². The molecule has 0 unspecified atom stereocenters. The predicted molar refractivity (Wildman–Crippen MR) is 117 cm³/mol. The number of amides is 2.